The van der Waals surface area contributed by atoms with Gasteiger partial charge in [-0.05, 0) is 49.2 Å². The number of benzene rings is 2. The Hall–Kier alpha value is -3.46. The number of nitrogens with one attached hydrogen (secondary N) is 2. The van der Waals surface area contributed by atoms with E-state index in [2.05, 4.69) is 5.32 Å². The van der Waals surface area contributed by atoms with Crippen LogP contribution in [0.5, 0.6) is 5.75 Å². The van der Waals surface area contributed by atoms with E-state index in [9.17, 15) is 18.8 Å². The van der Waals surface area contributed by atoms with Gasteiger partial charge < -0.3 is 19.5 Å². The molecule has 2 N–H and O–H groups in total. The Bertz CT molecular complexity index is 897. The lowest BCUT2D eigenvalue weighted by Gasteiger charge is -2.11. The highest BCUT2D eigenvalue weighted by Crippen LogP contribution is 2.17. The normalized spacial score (nSPS) is 15.3. The molecule has 0 spiro atoms. The van der Waals surface area contributed by atoms with Gasteiger partial charge in [-0.25, -0.2) is 14.0 Å². The molecule has 0 radical (unpaired) electrons. The van der Waals surface area contributed by atoms with E-state index < -0.39 is 30.3 Å². The van der Waals surface area contributed by atoms with Crippen molar-refractivity contribution in [2.75, 3.05) is 25.1 Å². The van der Waals surface area contributed by atoms with Crippen LogP contribution in [0.15, 0.2) is 48.5 Å². The summed E-state index contributed by atoms with van der Waals surface area (Å²) in [6, 6.07) is 10.8. The zero-order valence-electron chi connectivity index (χ0n) is 16.1. The number of esters is 1. The molecule has 1 heterocycles. The van der Waals surface area contributed by atoms with E-state index in [1.54, 1.807) is 12.1 Å². The van der Waals surface area contributed by atoms with Crippen LogP contribution in [-0.2, 0) is 14.3 Å². The van der Waals surface area contributed by atoms with Crippen LogP contribution in [-0.4, -0.2) is 43.8 Å². The highest BCUT2D eigenvalue weighted by molar-refractivity contribution is 6.02. The van der Waals surface area contributed by atoms with Crippen molar-refractivity contribution in [3.63, 3.8) is 0 Å². The fraction of sp³-hybridized carbons (Fsp3) is 0.286. The van der Waals surface area contributed by atoms with Gasteiger partial charge in [-0.15, -0.1) is 0 Å². The topological polar surface area (TPSA) is 103 Å². The number of carbonyl (C=O) groups excluding carboxylic acids is 3. The van der Waals surface area contributed by atoms with Gasteiger partial charge in [0, 0.05) is 6.61 Å². The number of halogens is 1. The van der Waals surface area contributed by atoms with Crippen molar-refractivity contribution >= 4 is 23.6 Å². The summed E-state index contributed by atoms with van der Waals surface area (Å²) >= 11 is 0. The molecule has 30 heavy (non-hydrogen) atoms. The molecule has 3 rings (SSSR count). The van der Waals surface area contributed by atoms with Crippen molar-refractivity contribution in [1.29, 1.82) is 0 Å². The van der Waals surface area contributed by atoms with Gasteiger partial charge in [-0.2, -0.15) is 0 Å². The number of hydrogen-bond donors (Lipinski definition) is 2. The van der Waals surface area contributed by atoms with Gasteiger partial charge >= 0.3 is 12.0 Å². The van der Waals surface area contributed by atoms with Crippen LogP contribution in [0.2, 0.25) is 0 Å². The first-order chi connectivity index (χ1) is 14.5. The maximum absolute atomic E-state index is 13.5. The summed E-state index contributed by atoms with van der Waals surface area (Å²) in [5, 5.41) is 4.14. The van der Waals surface area contributed by atoms with Crippen LogP contribution in [0, 0.1) is 5.82 Å². The Morgan fingerprint density at radius 2 is 1.87 bits per heavy atom. The molecule has 0 aliphatic carbocycles. The third kappa shape index (κ3) is 6.28. The minimum atomic E-state index is -0.936. The Balaban J connectivity index is 1.40. The number of imide groups is 1. The first-order valence-corrected chi connectivity index (χ1v) is 9.38. The number of urea groups is 1. The molecule has 158 valence electrons. The lowest BCUT2D eigenvalue weighted by molar-refractivity contribution is -0.123. The third-order valence-corrected chi connectivity index (χ3v) is 4.26. The standard InChI is InChI=1S/C21H21FN2O6/c22-17-5-1-2-6-18(17)23-21(27)24-19(25)13-30-20(26)14-7-9-15(10-8-14)29-12-16-4-3-11-28-16/h1-2,5-10,16H,3-4,11-13H2,(H2,23,24,25,27)/t16-/m0/s1. The lowest BCUT2D eigenvalue weighted by Crippen LogP contribution is -2.37. The SMILES string of the molecule is O=C(COC(=O)c1ccc(OC[C@@H]2CCCO2)cc1)NC(=O)Nc1ccccc1F. The maximum atomic E-state index is 13.5. The van der Waals surface area contributed by atoms with Gasteiger partial charge in [0.15, 0.2) is 6.61 Å². The molecule has 1 fully saturated rings. The first kappa shape index (κ1) is 21.3. The summed E-state index contributed by atoms with van der Waals surface area (Å²) < 4.78 is 29.4. The average Bonchev–Trinajstić information content (AvgIpc) is 3.26. The van der Waals surface area contributed by atoms with Crippen molar-refractivity contribution in [2.45, 2.75) is 18.9 Å². The Morgan fingerprint density at radius 1 is 1.10 bits per heavy atom. The van der Waals surface area contributed by atoms with Crippen molar-refractivity contribution in [3.05, 3.63) is 59.9 Å². The van der Waals surface area contributed by atoms with E-state index in [4.69, 9.17) is 14.2 Å². The summed E-state index contributed by atoms with van der Waals surface area (Å²) in [6.07, 6.45) is 2.07. The molecule has 8 nitrogen and oxygen atoms in total. The lowest BCUT2D eigenvalue weighted by atomic mass is 10.2. The number of rotatable bonds is 7. The molecule has 1 atom stereocenters. The van der Waals surface area contributed by atoms with E-state index in [0.717, 1.165) is 25.5 Å². The van der Waals surface area contributed by atoms with Gasteiger partial charge in [0.1, 0.15) is 18.2 Å². The quantitative estimate of drug-likeness (QED) is 0.673. The Kier molecular flexibility index (Phi) is 7.34. The summed E-state index contributed by atoms with van der Waals surface area (Å²) in [4.78, 5) is 35.5. The number of hydrogen-bond acceptors (Lipinski definition) is 6. The number of carbonyl (C=O) groups is 3. The van der Waals surface area contributed by atoms with Crippen molar-refractivity contribution in [1.82, 2.24) is 5.32 Å². The molecule has 0 saturated carbocycles. The zero-order valence-corrected chi connectivity index (χ0v) is 16.1. The zero-order chi connectivity index (χ0) is 21.3. The van der Waals surface area contributed by atoms with E-state index in [0.29, 0.717) is 12.4 Å². The molecule has 1 aliphatic rings. The Morgan fingerprint density at radius 3 is 2.57 bits per heavy atom. The molecule has 0 bridgehead atoms. The molecule has 0 aromatic heterocycles. The number of ether oxygens (including phenoxy) is 3. The van der Waals surface area contributed by atoms with Crippen molar-refractivity contribution in [2.24, 2.45) is 0 Å². The summed E-state index contributed by atoms with van der Waals surface area (Å²) in [6.45, 7) is 0.525. The predicted molar refractivity (Wildman–Crippen MR) is 105 cm³/mol. The van der Waals surface area contributed by atoms with Gasteiger partial charge in [0.2, 0.25) is 0 Å². The van der Waals surface area contributed by atoms with Crippen LogP contribution in [0.4, 0.5) is 14.9 Å². The minimum Gasteiger partial charge on any atom is -0.491 e. The summed E-state index contributed by atoms with van der Waals surface area (Å²) in [5.74, 6) is -1.64. The largest absolute Gasteiger partial charge is 0.491 e. The molecule has 9 heteroatoms. The third-order valence-electron chi connectivity index (χ3n) is 4.26. The predicted octanol–water partition coefficient (Wildman–Crippen LogP) is 2.89. The van der Waals surface area contributed by atoms with Crippen LogP contribution in [0.25, 0.3) is 0 Å². The minimum absolute atomic E-state index is 0.0819. The summed E-state index contributed by atoms with van der Waals surface area (Å²) in [7, 11) is 0. The van der Waals surface area contributed by atoms with Crippen molar-refractivity contribution < 1.29 is 33.0 Å². The maximum Gasteiger partial charge on any atom is 0.338 e. The van der Waals surface area contributed by atoms with Crippen LogP contribution in [0.1, 0.15) is 23.2 Å². The fourth-order valence-corrected chi connectivity index (χ4v) is 2.75. The highest BCUT2D eigenvalue weighted by atomic mass is 19.1. The molecular weight excluding hydrogens is 395 g/mol. The van der Waals surface area contributed by atoms with Crippen LogP contribution >= 0.6 is 0 Å². The molecular formula is C21H21FN2O6. The number of para-hydroxylation sites is 1. The summed E-state index contributed by atoms with van der Waals surface area (Å²) in [5.41, 5.74) is 0.143. The van der Waals surface area contributed by atoms with Crippen molar-refractivity contribution in [3.8, 4) is 5.75 Å². The highest BCUT2D eigenvalue weighted by Gasteiger charge is 2.17. The van der Waals surface area contributed by atoms with E-state index in [1.807, 2.05) is 5.32 Å². The second-order valence-corrected chi connectivity index (χ2v) is 6.53. The molecule has 1 aliphatic heterocycles. The molecule has 0 unspecified atom stereocenters. The molecule has 2 aromatic carbocycles. The number of anilines is 1. The molecule has 1 saturated heterocycles. The van der Waals surface area contributed by atoms with Crippen LogP contribution < -0.4 is 15.4 Å². The second-order valence-electron chi connectivity index (χ2n) is 6.53. The van der Waals surface area contributed by atoms with Gasteiger partial charge in [0.05, 0.1) is 17.4 Å². The molecule has 2 aromatic rings. The number of amides is 3. The van der Waals surface area contributed by atoms with E-state index >= 15 is 0 Å². The fourth-order valence-electron chi connectivity index (χ4n) is 2.75. The molecule has 3 amide bonds. The van der Waals surface area contributed by atoms with E-state index in [-0.39, 0.29) is 17.4 Å². The van der Waals surface area contributed by atoms with Gasteiger partial charge in [-0.3, -0.25) is 10.1 Å². The average molecular weight is 416 g/mol. The smallest absolute Gasteiger partial charge is 0.338 e. The van der Waals surface area contributed by atoms with Gasteiger partial charge in [-0.1, -0.05) is 12.1 Å². The Labute approximate surface area is 172 Å². The van der Waals surface area contributed by atoms with Gasteiger partial charge in [0.25, 0.3) is 5.91 Å². The van der Waals surface area contributed by atoms with Crippen LogP contribution in [0.3, 0.4) is 0 Å². The van der Waals surface area contributed by atoms with E-state index in [1.165, 1.54) is 30.3 Å². The first-order valence-electron chi connectivity index (χ1n) is 9.38. The monoisotopic (exact) mass is 416 g/mol. The second kappa shape index (κ2) is 10.4.